The van der Waals surface area contributed by atoms with Crippen LogP contribution in [0.4, 0.5) is 0 Å². The highest BCUT2D eigenvalue weighted by molar-refractivity contribution is 4.85. The Labute approximate surface area is 56.8 Å². The van der Waals surface area contributed by atoms with Gasteiger partial charge in [0.05, 0.1) is 0 Å². The van der Waals surface area contributed by atoms with E-state index in [0.29, 0.717) is 18.1 Å². The maximum atomic E-state index is 5.70. The van der Waals surface area contributed by atoms with Gasteiger partial charge in [-0.25, -0.2) is 0 Å². The number of hydrogen-bond acceptors (Lipinski definition) is 2. The van der Waals surface area contributed by atoms with Gasteiger partial charge in [-0.2, -0.15) is 0 Å². The van der Waals surface area contributed by atoms with E-state index in [4.69, 9.17) is 5.73 Å². The second-order valence-corrected chi connectivity index (χ2v) is 3.11. The van der Waals surface area contributed by atoms with E-state index in [-0.39, 0.29) is 0 Å². The summed E-state index contributed by atoms with van der Waals surface area (Å²) in [6, 6.07) is 1.57. The molecule has 3 N–H and O–H groups in total. The van der Waals surface area contributed by atoms with E-state index in [1.165, 1.54) is 12.8 Å². The third kappa shape index (κ3) is 1.66. The van der Waals surface area contributed by atoms with E-state index in [1.54, 1.807) is 0 Å². The van der Waals surface area contributed by atoms with E-state index in [1.807, 2.05) is 0 Å². The molecule has 0 aromatic rings. The van der Waals surface area contributed by atoms with Crippen LogP contribution in [0.5, 0.6) is 0 Å². The molecule has 1 aliphatic rings. The summed E-state index contributed by atoms with van der Waals surface area (Å²) < 4.78 is 0. The fourth-order valence-electron chi connectivity index (χ4n) is 1.38. The third-order valence-corrected chi connectivity index (χ3v) is 2.04. The standard InChI is InChI=1S/C7H16N2/c1-5-3-4-7(9-5)6(2)8/h5-7,9H,3-4,8H2,1-2H3/t5-,6+,7?/m0/s1. The first kappa shape index (κ1) is 7.03. The van der Waals surface area contributed by atoms with Crippen molar-refractivity contribution in [3.05, 3.63) is 0 Å². The lowest BCUT2D eigenvalue weighted by Crippen LogP contribution is -2.40. The van der Waals surface area contributed by atoms with Gasteiger partial charge >= 0.3 is 0 Å². The van der Waals surface area contributed by atoms with Crippen LogP contribution in [0.1, 0.15) is 26.7 Å². The highest BCUT2D eigenvalue weighted by Gasteiger charge is 2.22. The summed E-state index contributed by atoms with van der Waals surface area (Å²) in [6.45, 7) is 4.28. The average Bonchev–Trinajstić information content (AvgIpc) is 2.14. The molecule has 54 valence electrons. The summed E-state index contributed by atoms with van der Waals surface area (Å²) in [4.78, 5) is 0. The zero-order valence-corrected chi connectivity index (χ0v) is 6.22. The third-order valence-electron chi connectivity index (χ3n) is 2.04. The van der Waals surface area contributed by atoms with Crippen molar-refractivity contribution in [1.29, 1.82) is 0 Å². The molecule has 2 heteroatoms. The van der Waals surface area contributed by atoms with Crippen molar-refractivity contribution >= 4 is 0 Å². The fraction of sp³-hybridized carbons (Fsp3) is 1.00. The number of hydrogen-bond donors (Lipinski definition) is 2. The van der Waals surface area contributed by atoms with E-state index >= 15 is 0 Å². The van der Waals surface area contributed by atoms with Crippen molar-refractivity contribution in [2.45, 2.75) is 44.8 Å². The summed E-state index contributed by atoms with van der Waals surface area (Å²) in [5.41, 5.74) is 5.70. The smallest absolute Gasteiger partial charge is 0.0219 e. The van der Waals surface area contributed by atoms with Crippen LogP contribution in [0.2, 0.25) is 0 Å². The van der Waals surface area contributed by atoms with Crippen LogP contribution in [0, 0.1) is 0 Å². The summed E-state index contributed by atoms with van der Waals surface area (Å²) in [7, 11) is 0. The van der Waals surface area contributed by atoms with Gasteiger partial charge in [0.25, 0.3) is 0 Å². The molecule has 0 radical (unpaired) electrons. The van der Waals surface area contributed by atoms with Crippen molar-refractivity contribution in [2.24, 2.45) is 5.73 Å². The molecule has 0 bridgehead atoms. The molecule has 0 saturated carbocycles. The first-order chi connectivity index (χ1) is 4.20. The van der Waals surface area contributed by atoms with E-state index in [2.05, 4.69) is 19.2 Å². The highest BCUT2D eigenvalue weighted by atomic mass is 15.0. The Morgan fingerprint density at radius 1 is 1.56 bits per heavy atom. The molecule has 2 nitrogen and oxygen atoms in total. The molecule has 1 saturated heterocycles. The normalized spacial score (nSPS) is 39.0. The van der Waals surface area contributed by atoms with Gasteiger partial charge in [-0.1, -0.05) is 0 Å². The van der Waals surface area contributed by atoms with Gasteiger partial charge in [0.1, 0.15) is 0 Å². The summed E-state index contributed by atoms with van der Waals surface area (Å²) >= 11 is 0. The molecule has 9 heavy (non-hydrogen) atoms. The Morgan fingerprint density at radius 3 is 2.44 bits per heavy atom. The molecule has 0 aromatic heterocycles. The Kier molecular flexibility index (Phi) is 2.09. The zero-order valence-electron chi connectivity index (χ0n) is 6.22. The minimum atomic E-state index is 0.315. The van der Waals surface area contributed by atoms with E-state index in [9.17, 15) is 0 Å². The van der Waals surface area contributed by atoms with Crippen LogP contribution in [-0.2, 0) is 0 Å². The number of rotatable bonds is 1. The van der Waals surface area contributed by atoms with Gasteiger partial charge in [0.2, 0.25) is 0 Å². The van der Waals surface area contributed by atoms with Crippen LogP contribution >= 0.6 is 0 Å². The topological polar surface area (TPSA) is 38.0 Å². The minimum absolute atomic E-state index is 0.315. The summed E-state index contributed by atoms with van der Waals surface area (Å²) in [5, 5.41) is 3.43. The molecule has 0 amide bonds. The lowest BCUT2D eigenvalue weighted by Gasteiger charge is -2.14. The summed E-state index contributed by atoms with van der Waals surface area (Å²) in [6.07, 6.45) is 2.53. The van der Waals surface area contributed by atoms with Gasteiger partial charge in [-0.15, -0.1) is 0 Å². The van der Waals surface area contributed by atoms with Crippen LogP contribution in [-0.4, -0.2) is 18.1 Å². The molecule has 0 aromatic carbocycles. The second kappa shape index (κ2) is 2.67. The molecule has 1 aliphatic heterocycles. The fourth-order valence-corrected chi connectivity index (χ4v) is 1.38. The predicted molar refractivity (Wildman–Crippen MR) is 39.3 cm³/mol. The Bertz CT molecular complexity index is 90.9. The van der Waals surface area contributed by atoms with Crippen molar-refractivity contribution in [3.8, 4) is 0 Å². The monoisotopic (exact) mass is 128 g/mol. The lowest BCUT2D eigenvalue weighted by molar-refractivity contribution is 0.490. The molecular formula is C7H16N2. The average molecular weight is 128 g/mol. The molecule has 1 rings (SSSR count). The maximum Gasteiger partial charge on any atom is 0.0219 e. The van der Waals surface area contributed by atoms with Gasteiger partial charge in [0, 0.05) is 18.1 Å². The minimum Gasteiger partial charge on any atom is -0.327 e. The maximum absolute atomic E-state index is 5.70. The highest BCUT2D eigenvalue weighted by Crippen LogP contribution is 2.12. The van der Waals surface area contributed by atoms with Crippen molar-refractivity contribution < 1.29 is 0 Å². The van der Waals surface area contributed by atoms with Gasteiger partial charge in [-0.3, -0.25) is 0 Å². The first-order valence-corrected chi connectivity index (χ1v) is 3.72. The molecule has 1 fully saturated rings. The molecule has 3 atom stereocenters. The zero-order chi connectivity index (χ0) is 6.85. The van der Waals surface area contributed by atoms with Crippen molar-refractivity contribution in [2.75, 3.05) is 0 Å². The van der Waals surface area contributed by atoms with Crippen LogP contribution < -0.4 is 11.1 Å². The van der Waals surface area contributed by atoms with Crippen LogP contribution in [0.25, 0.3) is 0 Å². The largest absolute Gasteiger partial charge is 0.327 e. The molecule has 1 unspecified atom stereocenters. The Morgan fingerprint density at radius 2 is 2.22 bits per heavy atom. The SMILES string of the molecule is C[C@H]1CCC([C@@H](C)N)N1. The van der Waals surface area contributed by atoms with Crippen molar-refractivity contribution in [1.82, 2.24) is 5.32 Å². The molecule has 0 spiro atoms. The summed E-state index contributed by atoms with van der Waals surface area (Å²) in [5.74, 6) is 0. The van der Waals surface area contributed by atoms with E-state index < -0.39 is 0 Å². The lowest BCUT2D eigenvalue weighted by atomic mass is 10.1. The molecule has 0 aliphatic carbocycles. The quantitative estimate of drug-likeness (QED) is 0.539. The van der Waals surface area contributed by atoms with Gasteiger partial charge in [0.15, 0.2) is 0 Å². The Hall–Kier alpha value is -0.0800. The second-order valence-electron chi connectivity index (χ2n) is 3.11. The van der Waals surface area contributed by atoms with E-state index in [0.717, 1.165) is 0 Å². The molecular weight excluding hydrogens is 112 g/mol. The van der Waals surface area contributed by atoms with Crippen LogP contribution in [0.15, 0.2) is 0 Å². The number of nitrogens with one attached hydrogen (secondary N) is 1. The Balaban J connectivity index is 2.30. The van der Waals surface area contributed by atoms with Crippen molar-refractivity contribution in [3.63, 3.8) is 0 Å². The predicted octanol–water partition coefficient (Wildman–Crippen LogP) is 0.474. The number of nitrogens with two attached hydrogens (primary N) is 1. The van der Waals surface area contributed by atoms with Gasteiger partial charge < -0.3 is 11.1 Å². The van der Waals surface area contributed by atoms with Gasteiger partial charge in [-0.05, 0) is 26.7 Å². The molecule has 1 heterocycles. The van der Waals surface area contributed by atoms with Crippen LogP contribution in [0.3, 0.4) is 0 Å². The first-order valence-electron chi connectivity index (χ1n) is 3.72.